The minimum absolute atomic E-state index is 0.364. The quantitative estimate of drug-likeness (QED) is 0.859. The van der Waals surface area contributed by atoms with Crippen LogP contribution in [-0.4, -0.2) is 17.6 Å². The lowest BCUT2D eigenvalue weighted by atomic mass is 9.82. The number of hydrogen-bond acceptors (Lipinski definition) is 3. The number of aromatic nitrogens is 1. The van der Waals surface area contributed by atoms with E-state index >= 15 is 0 Å². The molecule has 3 nitrogen and oxygen atoms in total. The molecular weight excluding hydrogens is 260 g/mol. The molecule has 0 bridgehead atoms. The molecule has 1 aliphatic rings. The topological polar surface area (TPSA) is 34.1 Å². The summed E-state index contributed by atoms with van der Waals surface area (Å²) < 4.78 is 6.20. The van der Waals surface area contributed by atoms with Crippen LogP contribution in [0.3, 0.4) is 0 Å². The first kappa shape index (κ1) is 16.3. The van der Waals surface area contributed by atoms with Crippen LogP contribution in [0.25, 0.3) is 0 Å². The van der Waals surface area contributed by atoms with Gasteiger partial charge in [0.05, 0.1) is 11.8 Å². The van der Waals surface area contributed by atoms with Gasteiger partial charge in [-0.05, 0) is 49.6 Å². The average molecular weight is 290 g/mol. The van der Waals surface area contributed by atoms with Crippen molar-refractivity contribution in [2.24, 2.45) is 17.8 Å². The molecule has 2 unspecified atom stereocenters. The van der Waals surface area contributed by atoms with E-state index in [1.165, 1.54) is 19.3 Å². The lowest BCUT2D eigenvalue weighted by Gasteiger charge is -2.31. The summed E-state index contributed by atoms with van der Waals surface area (Å²) in [5.74, 6) is 3.17. The summed E-state index contributed by atoms with van der Waals surface area (Å²) in [5, 5.41) is 3.43. The van der Waals surface area contributed by atoms with Crippen LogP contribution >= 0.6 is 0 Å². The van der Waals surface area contributed by atoms with E-state index in [-0.39, 0.29) is 0 Å². The Morgan fingerprint density at radius 2 is 1.95 bits per heavy atom. The van der Waals surface area contributed by atoms with Gasteiger partial charge in [-0.2, -0.15) is 0 Å². The summed E-state index contributed by atoms with van der Waals surface area (Å²) in [5.41, 5.74) is 1.06. The van der Waals surface area contributed by atoms with Crippen LogP contribution in [0.1, 0.15) is 52.7 Å². The second-order valence-electron chi connectivity index (χ2n) is 7.16. The van der Waals surface area contributed by atoms with E-state index in [1.54, 1.807) is 0 Å². The van der Waals surface area contributed by atoms with Gasteiger partial charge in [0, 0.05) is 18.8 Å². The Kier molecular flexibility index (Phi) is 6.04. The molecular formula is C18H30N2O. The highest BCUT2D eigenvalue weighted by molar-refractivity contribution is 5.23. The van der Waals surface area contributed by atoms with Gasteiger partial charge in [-0.1, -0.05) is 27.7 Å². The Hall–Kier alpha value is -1.09. The second-order valence-corrected chi connectivity index (χ2v) is 7.16. The van der Waals surface area contributed by atoms with Crippen molar-refractivity contribution >= 4 is 0 Å². The second kappa shape index (κ2) is 7.79. The van der Waals surface area contributed by atoms with E-state index in [4.69, 9.17) is 4.74 Å². The molecule has 1 heterocycles. The molecule has 1 saturated carbocycles. The molecule has 1 aliphatic carbocycles. The van der Waals surface area contributed by atoms with Crippen molar-refractivity contribution in [2.45, 2.75) is 59.6 Å². The van der Waals surface area contributed by atoms with Gasteiger partial charge in [0.1, 0.15) is 5.75 Å². The minimum atomic E-state index is 0.364. The molecule has 0 radical (unpaired) electrons. The Balaban J connectivity index is 1.88. The summed E-state index contributed by atoms with van der Waals surface area (Å²) in [6, 6.07) is 4.06. The smallest absolute Gasteiger partial charge is 0.123 e. The third kappa shape index (κ3) is 5.66. The molecule has 0 saturated heterocycles. The summed E-state index contributed by atoms with van der Waals surface area (Å²) in [4.78, 5) is 4.42. The van der Waals surface area contributed by atoms with Gasteiger partial charge >= 0.3 is 0 Å². The van der Waals surface area contributed by atoms with Crippen LogP contribution < -0.4 is 10.1 Å². The molecule has 0 spiro atoms. The van der Waals surface area contributed by atoms with Crippen LogP contribution in [0, 0.1) is 17.8 Å². The highest BCUT2D eigenvalue weighted by Crippen LogP contribution is 2.31. The largest absolute Gasteiger partial charge is 0.490 e. The van der Waals surface area contributed by atoms with Crippen molar-refractivity contribution in [3.63, 3.8) is 0 Å². The first-order valence-electron chi connectivity index (χ1n) is 8.35. The van der Waals surface area contributed by atoms with Crippen molar-refractivity contribution in [3.8, 4) is 5.75 Å². The summed E-state index contributed by atoms with van der Waals surface area (Å²) in [7, 11) is 0. The predicted octanol–water partition coefficient (Wildman–Crippen LogP) is 4.03. The maximum Gasteiger partial charge on any atom is 0.123 e. The van der Waals surface area contributed by atoms with Gasteiger partial charge in [-0.3, -0.25) is 4.98 Å². The van der Waals surface area contributed by atoms with Crippen molar-refractivity contribution in [3.05, 3.63) is 24.0 Å². The van der Waals surface area contributed by atoms with E-state index in [0.717, 1.165) is 36.4 Å². The van der Waals surface area contributed by atoms with E-state index in [2.05, 4.69) is 44.1 Å². The van der Waals surface area contributed by atoms with E-state index in [9.17, 15) is 0 Å². The van der Waals surface area contributed by atoms with Crippen molar-refractivity contribution < 1.29 is 4.74 Å². The van der Waals surface area contributed by atoms with Gasteiger partial charge in [-0.25, -0.2) is 0 Å². The molecule has 1 aromatic heterocycles. The van der Waals surface area contributed by atoms with Crippen molar-refractivity contribution in [1.82, 2.24) is 10.3 Å². The Morgan fingerprint density at radius 1 is 1.24 bits per heavy atom. The van der Waals surface area contributed by atoms with Crippen LogP contribution in [0.4, 0.5) is 0 Å². The van der Waals surface area contributed by atoms with Crippen LogP contribution in [0.15, 0.2) is 18.3 Å². The normalized spacial score (nSPS) is 26.0. The van der Waals surface area contributed by atoms with E-state index < -0.39 is 0 Å². The molecule has 1 N–H and O–H groups in total. The highest BCUT2D eigenvalue weighted by atomic mass is 16.5. The molecule has 0 aliphatic heterocycles. The number of nitrogens with one attached hydrogen (secondary N) is 1. The SMILES string of the molecule is CC(C)CNCc1cc(OC2CC(C)CC(C)C2)ccn1. The number of nitrogens with zero attached hydrogens (tertiary/aromatic N) is 1. The predicted molar refractivity (Wildman–Crippen MR) is 87.4 cm³/mol. The fourth-order valence-corrected chi connectivity index (χ4v) is 3.28. The van der Waals surface area contributed by atoms with Crippen molar-refractivity contribution in [2.75, 3.05) is 6.54 Å². The fraction of sp³-hybridized carbons (Fsp3) is 0.722. The molecule has 1 fully saturated rings. The van der Waals surface area contributed by atoms with Crippen LogP contribution in [-0.2, 0) is 6.54 Å². The van der Waals surface area contributed by atoms with Gasteiger partial charge in [-0.15, -0.1) is 0 Å². The Morgan fingerprint density at radius 3 is 2.62 bits per heavy atom. The van der Waals surface area contributed by atoms with Crippen LogP contribution in [0.5, 0.6) is 5.75 Å². The summed E-state index contributed by atoms with van der Waals surface area (Å²) >= 11 is 0. The van der Waals surface area contributed by atoms with Gasteiger partial charge in [0.15, 0.2) is 0 Å². The van der Waals surface area contributed by atoms with Crippen molar-refractivity contribution in [1.29, 1.82) is 0 Å². The Labute approximate surface area is 129 Å². The fourth-order valence-electron chi connectivity index (χ4n) is 3.28. The van der Waals surface area contributed by atoms with E-state index in [1.807, 2.05) is 12.3 Å². The summed E-state index contributed by atoms with van der Waals surface area (Å²) in [6.07, 6.45) is 5.90. The minimum Gasteiger partial charge on any atom is -0.490 e. The molecule has 1 aromatic rings. The average Bonchev–Trinajstić information content (AvgIpc) is 2.37. The lowest BCUT2D eigenvalue weighted by molar-refractivity contribution is 0.101. The number of ether oxygens (including phenoxy) is 1. The lowest BCUT2D eigenvalue weighted by Crippen LogP contribution is -2.28. The summed E-state index contributed by atoms with van der Waals surface area (Å²) in [6.45, 7) is 10.9. The van der Waals surface area contributed by atoms with Gasteiger partial charge in [0.2, 0.25) is 0 Å². The third-order valence-corrected chi connectivity index (χ3v) is 4.08. The standard InChI is InChI=1S/C18H30N2O/c1-13(2)11-19-12-16-10-17(5-6-20-16)21-18-8-14(3)7-15(4)9-18/h5-6,10,13-15,18-19H,7-9,11-12H2,1-4H3. The first-order valence-corrected chi connectivity index (χ1v) is 8.35. The molecule has 21 heavy (non-hydrogen) atoms. The Bertz CT molecular complexity index is 423. The van der Waals surface area contributed by atoms with Gasteiger partial charge in [0.25, 0.3) is 0 Å². The maximum atomic E-state index is 6.20. The third-order valence-electron chi connectivity index (χ3n) is 4.08. The molecule has 118 valence electrons. The molecule has 2 rings (SSSR count). The molecule has 0 amide bonds. The van der Waals surface area contributed by atoms with Gasteiger partial charge < -0.3 is 10.1 Å². The molecule has 0 aromatic carbocycles. The highest BCUT2D eigenvalue weighted by Gasteiger charge is 2.25. The molecule has 3 heteroatoms. The number of hydrogen-bond donors (Lipinski definition) is 1. The maximum absolute atomic E-state index is 6.20. The molecule has 2 atom stereocenters. The van der Waals surface area contributed by atoms with E-state index in [0.29, 0.717) is 12.0 Å². The monoisotopic (exact) mass is 290 g/mol. The van der Waals surface area contributed by atoms with Crippen LogP contribution in [0.2, 0.25) is 0 Å². The number of rotatable bonds is 6. The first-order chi connectivity index (χ1) is 10.0. The zero-order chi connectivity index (χ0) is 15.2. The zero-order valence-electron chi connectivity index (χ0n) is 13.9. The zero-order valence-corrected chi connectivity index (χ0v) is 13.9. The number of pyridine rings is 1.